The van der Waals surface area contributed by atoms with Crippen LogP contribution in [-0.4, -0.2) is 5.72 Å². The Morgan fingerprint density at radius 3 is 2.38 bits per heavy atom. The highest BCUT2D eigenvalue weighted by atomic mass is 16.5. The van der Waals surface area contributed by atoms with Gasteiger partial charge < -0.3 is 9.64 Å². The maximum Gasteiger partial charge on any atom is 0.180 e. The third-order valence-corrected chi connectivity index (χ3v) is 2.18. The zero-order chi connectivity index (χ0) is 9.31. The summed E-state index contributed by atoms with van der Waals surface area (Å²) in [7, 11) is 0. The van der Waals surface area contributed by atoms with Gasteiger partial charge in [-0.25, -0.2) is 0 Å². The molecule has 13 heavy (non-hydrogen) atoms. The molecule has 0 bridgehead atoms. The summed E-state index contributed by atoms with van der Waals surface area (Å²) in [6, 6.07) is 10.2. The Hall–Kier alpha value is -1.44. The van der Waals surface area contributed by atoms with Crippen LogP contribution in [0.5, 0.6) is 0 Å². The van der Waals surface area contributed by atoms with Crippen LogP contribution in [0.3, 0.4) is 0 Å². The second-order valence-corrected chi connectivity index (χ2v) is 3.56. The molecule has 0 N–H and O–H groups in total. The van der Waals surface area contributed by atoms with Crippen LogP contribution < -0.4 is 4.90 Å². The van der Waals surface area contributed by atoms with E-state index in [2.05, 4.69) is 17.0 Å². The lowest BCUT2D eigenvalue weighted by Crippen LogP contribution is -2.37. The summed E-state index contributed by atoms with van der Waals surface area (Å²) in [5.41, 5.74) is 0.891. The molecule has 1 aromatic carbocycles. The molecular formula is C11H13NO. The van der Waals surface area contributed by atoms with Crippen molar-refractivity contribution in [3.05, 3.63) is 42.8 Å². The van der Waals surface area contributed by atoms with Gasteiger partial charge in [0.15, 0.2) is 5.72 Å². The van der Waals surface area contributed by atoms with E-state index in [0.29, 0.717) is 0 Å². The number of para-hydroxylation sites is 1. The van der Waals surface area contributed by atoms with E-state index in [1.165, 1.54) is 0 Å². The third kappa shape index (κ3) is 1.39. The second-order valence-electron chi connectivity index (χ2n) is 3.56. The molecule has 1 aromatic rings. The first-order valence-corrected chi connectivity index (χ1v) is 4.39. The quantitative estimate of drug-likeness (QED) is 0.650. The summed E-state index contributed by atoms with van der Waals surface area (Å²) in [6.45, 7) is 4.08. The minimum Gasteiger partial charge on any atom is -0.474 e. The summed E-state index contributed by atoms with van der Waals surface area (Å²) < 4.78 is 5.45. The van der Waals surface area contributed by atoms with Crippen molar-refractivity contribution < 1.29 is 4.74 Å². The molecule has 2 nitrogen and oxygen atoms in total. The van der Waals surface area contributed by atoms with Gasteiger partial charge in [-0.05, 0) is 26.0 Å². The van der Waals surface area contributed by atoms with Gasteiger partial charge in [-0.1, -0.05) is 18.2 Å². The van der Waals surface area contributed by atoms with Crippen molar-refractivity contribution in [2.24, 2.45) is 0 Å². The van der Waals surface area contributed by atoms with E-state index < -0.39 is 0 Å². The molecule has 1 heterocycles. The monoisotopic (exact) mass is 175 g/mol. The summed E-state index contributed by atoms with van der Waals surface area (Å²) >= 11 is 0. The molecule has 0 saturated carbocycles. The number of anilines is 1. The van der Waals surface area contributed by atoms with Crippen LogP contribution in [0.1, 0.15) is 13.8 Å². The van der Waals surface area contributed by atoms with Crippen molar-refractivity contribution in [2.45, 2.75) is 19.6 Å². The lowest BCUT2D eigenvalue weighted by atomic mass is 10.2. The number of ether oxygens (including phenoxy) is 1. The average Bonchev–Trinajstić information content (AvgIpc) is 2.47. The SMILES string of the molecule is CC1(C)OC=CN1c1ccccc1. The fraction of sp³-hybridized carbons (Fsp3) is 0.273. The number of benzene rings is 1. The Morgan fingerprint density at radius 1 is 1.15 bits per heavy atom. The van der Waals surface area contributed by atoms with E-state index in [9.17, 15) is 0 Å². The van der Waals surface area contributed by atoms with E-state index in [1.807, 2.05) is 38.2 Å². The molecule has 0 fully saturated rings. The van der Waals surface area contributed by atoms with Crippen LogP contribution in [0.15, 0.2) is 42.8 Å². The molecule has 1 aliphatic rings. The predicted octanol–water partition coefficient (Wildman–Crippen LogP) is 2.73. The minimum absolute atomic E-state index is 0.263. The number of nitrogens with zero attached hydrogens (tertiary/aromatic N) is 1. The van der Waals surface area contributed by atoms with Crippen LogP contribution in [0.25, 0.3) is 0 Å². The van der Waals surface area contributed by atoms with Gasteiger partial charge in [-0.2, -0.15) is 0 Å². The highest BCUT2D eigenvalue weighted by molar-refractivity contribution is 5.51. The van der Waals surface area contributed by atoms with E-state index >= 15 is 0 Å². The van der Waals surface area contributed by atoms with Crippen LogP contribution in [0.2, 0.25) is 0 Å². The van der Waals surface area contributed by atoms with Crippen molar-refractivity contribution in [2.75, 3.05) is 4.90 Å². The van der Waals surface area contributed by atoms with E-state index in [4.69, 9.17) is 4.74 Å². The first kappa shape index (κ1) is 8.17. The molecule has 0 radical (unpaired) electrons. The molecule has 1 aliphatic heterocycles. The number of hydrogen-bond acceptors (Lipinski definition) is 2. The van der Waals surface area contributed by atoms with Gasteiger partial charge in [0, 0.05) is 11.9 Å². The second kappa shape index (κ2) is 2.80. The van der Waals surface area contributed by atoms with Gasteiger partial charge in [-0.15, -0.1) is 0 Å². The summed E-state index contributed by atoms with van der Waals surface area (Å²) in [6.07, 6.45) is 3.68. The first-order chi connectivity index (χ1) is 6.20. The Balaban J connectivity index is 2.32. The highest BCUT2D eigenvalue weighted by Crippen LogP contribution is 2.29. The van der Waals surface area contributed by atoms with Crippen molar-refractivity contribution in [3.63, 3.8) is 0 Å². The smallest absolute Gasteiger partial charge is 0.180 e. The van der Waals surface area contributed by atoms with Crippen LogP contribution >= 0.6 is 0 Å². The highest BCUT2D eigenvalue weighted by Gasteiger charge is 2.29. The van der Waals surface area contributed by atoms with Crippen molar-refractivity contribution in [1.29, 1.82) is 0 Å². The molecule has 0 spiro atoms. The van der Waals surface area contributed by atoms with Gasteiger partial charge in [0.05, 0.1) is 0 Å². The normalized spacial score (nSPS) is 18.8. The molecule has 68 valence electrons. The number of hydrogen-bond donors (Lipinski definition) is 0. The van der Waals surface area contributed by atoms with Gasteiger partial charge in [-0.3, -0.25) is 0 Å². The van der Waals surface area contributed by atoms with Gasteiger partial charge in [0.1, 0.15) is 6.26 Å². The van der Waals surface area contributed by atoms with Crippen LogP contribution in [0, 0.1) is 0 Å². The van der Waals surface area contributed by atoms with Crippen LogP contribution in [0.4, 0.5) is 5.69 Å². The fourth-order valence-corrected chi connectivity index (χ4v) is 1.48. The Kier molecular flexibility index (Phi) is 1.76. The summed E-state index contributed by atoms with van der Waals surface area (Å²) in [4.78, 5) is 2.10. The maximum absolute atomic E-state index is 5.45. The first-order valence-electron chi connectivity index (χ1n) is 4.39. The van der Waals surface area contributed by atoms with Crippen molar-refractivity contribution >= 4 is 5.69 Å². The Morgan fingerprint density at radius 2 is 1.85 bits per heavy atom. The average molecular weight is 175 g/mol. The molecule has 0 unspecified atom stereocenters. The lowest BCUT2D eigenvalue weighted by molar-refractivity contribution is 0.0846. The molecule has 2 rings (SSSR count). The molecule has 0 aromatic heterocycles. The molecule has 0 aliphatic carbocycles. The standard InChI is InChI=1S/C11H13NO/c1-11(2)12(8-9-13-11)10-6-4-3-5-7-10/h3-9H,1-2H3. The molecule has 0 amide bonds. The van der Waals surface area contributed by atoms with E-state index in [-0.39, 0.29) is 5.72 Å². The van der Waals surface area contributed by atoms with E-state index in [0.717, 1.165) is 5.69 Å². The number of rotatable bonds is 1. The van der Waals surface area contributed by atoms with Crippen LogP contribution in [-0.2, 0) is 4.74 Å². The summed E-state index contributed by atoms with van der Waals surface area (Å²) in [5.74, 6) is 0. The van der Waals surface area contributed by atoms with E-state index in [1.54, 1.807) is 6.26 Å². The molecule has 0 atom stereocenters. The molecule has 0 saturated heterocycles. The van der Waals surface area contributed by atoms with Crippen molar-refractivity contribution in [3.8, 4) is 0 Å². The fourth-order valence-electron chi connectivity index (χ4n) is 1.48. The van der Waals surface area contributed by atoms with Gasteiger partial charge in [0.2, 0.25) is 0 Å². The summed E-state index contributed by atoms with van der Waals surface area (Å²) in [5, 5.41) is 0. The zero-order valence-corrected chi connectivity index (χ0v) is 7.90. The van der Waals surface area contributed by atoms with Gasteiger partial charge >= 0.3 is 0 Å². The Bertz CT molecular complexity index is 316. The predicted molar refractivity (Wildman–Crippen MR) is 53.2 cm³/mol. The maximum atomic E-state index is 5.45. The lowest BCUT2D eigenvalue weighted by Gasteiger charge is -2.31. The topological polar surface area (TPSA) is 12.5 Å². The minimum atomic E-state index is -0.263. The molecular weight excluding hydrogens is 162 g/mol. The largest absolute Gasteiger partial charge is 0.474 e. The van der Waals surface area contributed by atoms with Crippen molar-refractivity contribution in [1.82, 2.24) is 0 Å². The zero-order valence-electron chi connectivity index (χ0n) is 7.90. The third-order valence-electron chi connectivity index (χ3n) is 2.18. The van der Waals surface area contributed by atoms with Gasteiger partial charge in [0.25, 0.3) is 0 Å². The Labute approximate surface area is 78.4 Å². The molecule has 2 heteroatoms.